The van der Waals surface area contributed by atoms with Gasteiger partial charge in [-0.15, -0.1) is 0 Å². The molecule has 0 unspecified atom stereocenters. The molecule has 0 spiro atoms. The number of rotatable bonds is 5. The number of amides is 2. The smallest absolute Gasteiger partial charge is 0.319 e. The summed E-state index contributed by atoms with van der Waals surface area (Å²) in [6.07, 6.45) is 1.94. The summed E-state index contributed by atoms with van der Waals surface area (Å²) in [5.74, 6) is 0.190. The number of carbonyl (C=O) groups excluding carboxylic acids is 1. The van der Waals surface area contributed by atoms with Crippen LogP contribution in [0.15, 0.2) is 54.7 Å². The largest absolute Gasteiger partial charge is 0.333 e. The zero-order valence-corrected chi connectivity index (χ0v) is 17.9. The van der Waals surface area contributed by atoms with E-state index in [1.54, 1.807) is 12.1 Å². The average molecular weight is 423 g/mol. The molecule has 7 heteroatoms. The van der Waals surface area contributed by atoms with Gasteiger partial charge >= 0.3 is 6.03 Å². The Labute approximate surface area is 178 Å². The van der Waals surface area contributed by atoms with Crippen LogP contribution in [0.1, 0.15) is 35.9 Å². The fraction of sp³-hybridized carbons (Fsp3) is 0.217. The molecule has 2 aromatic heterocycles. The summed E-state index contributed by atoms with van der Waals surface area (Å²) in [4.78, 5) is 18.8. The van der Waals surface area contributed by atoms with Gasteiger partial charge in [0.05, 0.1) is 12.2 Å². The van der Waals surface area contributed by atoms with Crippen molar-refractivity contribution in [2.24, 2.45) is 0 Å². The molecule has 0 saturated carbocycles. The molecule has 0 radical (unpaired) electrons. The summed E-state index contributed by atoms with van der Waals surface area (Å²) < 4.78 is 15.1. The van der Waals surface area contributed by atoms with E-state index < -0.39 is 0 Å². The van der Waals surface area contributed by atoms with Gasteiger partial charge < -0.3 is 10.6 Å². The Hall–Kier alpha value is -3.19. The molecule has 30 heavy (non-hydrogen) atoms. The minimum atomic E-state index is -0.265. The Morgan fingerprint density at radius 2 is 1.83 bits per heavy atom. The first kappa shape index (κ1) is 20.1. The minimum Gasteiger partial charge on any atom is -0.333 e. The number of fused-ring (bicyclic) bond motifs is 1. The van der Waals surface area contributed by atoms with Crippen molar-refractivity contribution >= 4 is 28.0 Å². The van der Waals surface area contributed by atoms with Crippen molar-refractivity contribution in [2.75, 3.05) is 5.32 Å². The maximum atomic E-state index is 13.1. The first-order chi connectivity index (χ1) is 14.4. The standard InChI is InChI=1S/C23H23FN4OS/c1-14(2)16-6-10-19(11-7-16)26-22(29)25-12-21-15(3)28-13-20(27-23(28)30-21)17-4-8-18(24)9-5-17/h4-11,13-14H,12H2,1-3H3,(H2,25,26,29). The van der Waals surface area contributed by atoms with Crippen LogP contribution in [-0.2, 0) is 6.54 Å². The van der Waals surface area contributed by atoms with Crippen molar-refractivity contribution in [3.8, 4) is 11.3 Å². The molecule has 5 nitrogen and oxygen atoms in total. The third kappa shape index (κ3) is 4.21. The summed E-state index contributed by atoms with van der Waals surface area (Å²) >= 11 is 1.53. The summed E-state index contributed by atoms with van der Waals surface area (Å²) in [7, 11) is 0. The van der Waals surface area contributed by atoms with Crippen molar-refractivity contribution in [2.45, 2.75) is 33.2 Å². The number of carbonyl (C=O) groups is 1. The third-order valence-electron chi connectivity index (χ3n) is 5.04. The van der Waals surface area contributed by atoms with E-state index in [0.29, 0.717) is 12.5 Å². The quantitative estimate of drug-likeness (QED) is 0.417. The van der Waals surface area contributed by atoms with Crippen molar-refractivity contribution in [1.82, 2.24) is 14.7 Å². The van der Waals surface area contributed by atoms with Crippen LogP contribution >= 0.6 is 11.3 Å². The van der Waals surface area contributed by atoms with Crippen LogP contribution in [0.5, 0.6) is 0 Å². The SMILES string of the molecule is Cc1c(CNC(=O)Nc2ccc(C(C)C)cc2)sc2nc(-c3ccc(F)cc3)cn12. The normalized spacial score (nSPS) is 11.2. The number of benzene rings is 2. The topological polar surface area (TPSA) is 58.4 Å². The van der Waals surface area contributed by atoms with Gasteiger partial charge in [-0.05, 0) is 54.8 Å². The molecule has 0 saturated heterocycles. The molecular formula is C23H23FN4OS. The molecule has 4 aromatic rings. The summed E-state index contributed by atoms with van der Waals surface area (Å²) in [5, 5.41) is 5.77. The van der Waals surface area contributed by atoms with E-state index in [1.807, 2.05) is 41.8 Å². The van der Waals surface area contributed by atoms with E-state index in [2.05, 4.69) is 29.5 Å². The van der Waals surface area contributed by atoms with Crippen LogP contribution in [-0.4, -0.2) is 15.4 Å². The number of anilines is 1. The highest BCUT2D eigenvalue weighted by Gasteiger charge is 2.13. The maximum Gasteiger partial charge on any atom is 0.319 e. The van der Waals surface area contributed by atoms with Crippen LogP contribution in [0.3, 0.4) is 0 Å². The van der Waals surface area contributed by atoms with Gasteiger partial charge in [0, 0.05) is 28.0 Å². The van der Waals surface area contributed by atoms with E-state index in [1.165, 1.54) is 29.0 Å². The number of nitrogens with zero attached hydrogens (tertiary/aromatic N) is 2. The predicted molar refractivity (Wildman–Crippen MR) is 120 cm³/mol. The number of hydrogen-bond donors (Lipinski definition) is 2. The van der Waals surface area contributed by atoms with Gasteiger partial charge in [0.15, 0.2) is 4.96 Å². The van der Waals surface area contributed by atoms with Gasteiger partial charge in [-0.25, -0.2) is 14.2 Å². The molecule has 154 valence electrons. The number of hydrogen-bond acceptors (Lipinski definition) is 3. The fourth-order valence-corrected chi connectivity index (χ4v) is 4.25. The highest BCUT2D eigenvalue weighted by Crippen LogP contribution is 2.27. The van der Waals surface area contributed by atoms with E-state index in [-0.39, 0.29) is 11.8 Å². The summed E-state index contributed by atoms with van der Waals surface area (Å²) in [5.41, 5.74) is 4.69. The molecule has 0 aliphatic rings. The number of urea groups is 1. The number of imidazole rings is 1. The van der Waals surface area contributed by atoms with Gasteiger partial charge in [0.25, 0.3) is 0 Å². The molecule has 2 heterocycles. The summed E-state index contributed by atoms with van der Waals surface area (Å²) in [6.45, 7) is 6.69. The molecule has 2 amide bonds. The van der Waals surface area contributed by atoms with Gasteiger partial charge in [0.1, 0.15) is 5.82 Å². The Kier molecular flexibility index (Phi) is 5.55. The predicted octanol–water partition coefficient (Wildman–Crippen LogP) is 5.96. The Bertz CT molecular complexity index is 1180. The van der Waals surface area contributed by atoms with E-state index in [0.717, 1.165) is 32.5 Å². The van der Waals surface area contributed by atoms with Crippen molar-refractivity contribution in [1.29, 1.82) is 0 Å². The first-order valence-corrected chi connectivity index (χ1v) is 10.6. The molecule has 0 bridgehead atoms. The van der Waals surface area contributed by atoms with Crippen molar-refractivity contribution < 1.29 is 9.18 Å². The Morgan fingerprint density at radius 3 is 2.47 bits per heavy atom. The molecule has 0 aliphatic carbocycles. The van der Waals surface area contributed by atoms with Gasteiger partial charge in [-0.1, -0.05) is 37.3 Å². The second-order valence-electron chi connectivity index (χ2n) is 7.48. The van der Waals surface area contributed by atoms with Crippen LogP contribution in [0.4, 0.5) is 14.9 Å². The lowest BCUT2D eigenvalue weighted by atomic mass is 10.0. The number of aromatic nitrogens is 2. The van der Waals surface area contributed by atoms with E-state index in [4.69, 9.17) is 0 Å². The average Bonchev–Trinajstić information content (AvgIpc) is 3.27. The van der Waals surface area contributed by atoms with Crippen molar-refractivity contribution in [3.05, 3.63) is 76.7 Å². The molecular weight excluding hydrogens is 399 g/mol. The molecule has 0 fully saturated rings. The van der Waals surface area contributed by atoms with E-state index in [9.17, 15) is 9.18 Å². The molecule has 0 aliphatic heterocycles. The number of aryl methyl sites for hydroxylation is 1. The molecule has 4 rings (SSSR count). The minimum absolute atomic E-state index is 0.246. The van der Waals surface area contributed by atoms with Crippen LogP contribution in [0, 0.1) is 12.7 Å². The van der Waals surface area contributed by atoms with Gasteiger partial charge in [-0.3, -0.25) is 4.40 Å². The van der Waals surface area contributed by atoms with Gasteiger partial charge in [-0.2, -0.15) is 0 Å². The zero-order chi connectivity index (χ0) is 21.3. The van der Waals surface area contributed by atoms with Crippen LogP contribution in [0.2, 0.25) is 0 Å². The van der Waals surface area contributed by atoms with Crippen LogP contribution in [0.25, 0.3) is 16.2 Å². The Morgan fingerprint density at radius 1 is 1.13 bits per heavy atom. The molecule has 2 N–H and O–H groups in total. The summed E-state index contributed by atoms with van der Waals surface area (Å²) in [6, 6.07) is 13.9. The highest BCUT2D eigenvalue weighted by atomic mass is 32.1. The number of nitrogens with one attached hydrogen (secondary N) is 2. The maximum absolute atomic E-state index is 13.1. The van der Waals surface area contributed by atoms with Gasteiger partial charge in [0.2, 0.25) is 0 Å². The lowest BCUT2D eigenvalue weighted by molar-refractivity contribution is 0.252. The molecule has 0 atom stereocenters. The highest BCUT2D eigenvalue weighted by molar-refractivity contribution is 7.17. The third-order valence-corrected chi connectivity index (χ3v) is 6.19. The monoisotopic (exact) mass is 422 g/mol. The lowest BCUT2D eigenvalue weighted by Gasteiger charge is -2.09. The Balaban J connectivity index is 1.41. The number of halogens is 1. The van der Waals surface area contributed by atoms with E-state index >= 15 is 0 Å². The lowest BCUT2D eigenvalue weighted by Crippen LogP contribution is -2.28. The van der Waals surface area contributed by atoms with Crippen LogP contribution < -0.4 is 10.6 Å². The number of thiazole rings is 1. The second-order valence-corrected chi connectivity index (χ2v) is 8.54. The first-order valence-electron chi connectivity index (χ1n) is 9.79. The fourth-order valence-electron chi connectivity index (χ4n) is 3.20. The molecule has 2 aromatic carbocycles. The van der Waals surface area contributed by atoms with Crippen molar-refractivity contribution in [3.63, 3.8) is 0 Å². The zero-order valence-electron chi connectivity index (χ0n) is 17.1. The second kappa shape index (κ2) is 8.28.